The van der Waals surface area contributed by atoms with Crippen LogP contribution in [0.1, 0.15) is 10.5 Å². The maximum Gasteiger partial charge on any atom is 0.270 e. The van der Waals surface area contributed by atoms with Gasteiger partial charge in [0.05, 0.1) is 12.2 Å². The van der Waals surface area contributed by atoms with Crippen LogP contribution in [0.4, 0.5) is 4.39 Å². The van der Waals surface area contributed by atoms with Crippen molar-refractivity contribution in [3.8, 4) is 28.8 Å². The predicted octanol–water partition coefficient (Wildman–Crippen LogP) is 3.59. The van der Waals surface area contributed by atoms with Gasteiger partial charge < -0.3 is 10.1 Å². The van der Waals surface area contributed by atoms with Gasteiger partial charge in [-0.05, 0) is 42.5 Å². The van der Waals surface area contributed by atoms with Crippen LogP contribution in [0.2, 0.25) is 0 Å². The van der Waals surface area contributed by atoms with Crippen molar-refractivity contribution in [2.75, 3.05) is 13.2 Å². The molecule has 0 saturated carbocycles. The molecule has 0 atom stereocenters. The Balaban J connectivity index is 1.32. The molecule has 0 unspecified atom stereocenters. The van der Waals surface area contributed by atoms with Gasteiger partial charge in [0, 0.05) is 24.2 Å². The van der Waals surface area contributed by atoms with Crippen LogP contribution in [0.5, 0.6) is 5.75 Å². The minimum atomic E-state index is -0.322. The summed E-state index contributed by atoms with van der Waals surface area (Å²) in [5.41, 5.74) is 2.50. The normalized spacial score (nSPS) is 10.4. The summed E-state index contributed by atoms with van der Waals surface area (Å²) in [7, 11) is 1.68. The molecular formula is C24H19FN4O2. The number of fused-ring (bicyclic) bond motifs is 1. The van der Waals surface area contributed by atoms with Gasteiger partial charge in [0.15, 0.2) is 0 Å². The van der Waals surface area contributed by atoms with Gasteiger partial charge in [0.25, 0.3) is 5.91 Å². The first-order chi connectivity index (χ1) is 15.1. The molecule has 4 aromatic rings. The van der Waals surface area contributed by atoms with E-state index >= 15 is 0 Å². The zero-order chi connectivity index (χ0) is 21.6. The van der Waals surface area contributed by atoms with Gasteiger partial charge in [0.1, 0.15) is 29.4 Å². The number of carbonyl (C=O) groups is 1. The summed E-state index contributed by atoms with van der Waals surface area (Å²) in [5, 5.41) is 8.06. The Morgan fingerprint density at radius 1 is 1.13 bits per heavy atom. The highest BCUT2D eigenvalue weighted by atomic mass is 19.1. The average molecular weight is 414 g/mol. The Hall–Kier alpha value is -4.18. The van der Waals surface area contributed by atoms with Gasteiger partial charge in [0.2, 0.25) is 0 Å². The second-order valence-corrected chi connectivity index (χ2v) is 6.70. The third-order valence-corrected chi connectivity index (χ3v) is 4.61. The monoisotopic (exact) mass is 414 g/mol. The van der Waals surface area contributed by atoms with E-state index in [-0.39, 0.29) is 24.9 Å². The fraction of sp³-hybridized carbons (Fsp3) is 0.125. The molecule has 0 aliphatic heterocycles. The summed E-state index contributed by atoms with van der Waals surface area (Å²) in [5.74, 6) is 5.80. The van der Waals surface area contributed by atoms with E-state index in [1.807, 2.05) is 30.3 Å². The van der Waals surface area contributed by atoms with Crippen molar-refractivity contribution < 1.29 is 13.9 Å². The number of nitrogens with zero attached hydrogens (tertiary/aromatic N) is 3. The quantitative estimate of drug-likeness (QED) is 0.507. The standard InChI is InChI=1S/C24H19FN4O2/c1-29-21(16-20(28-29)17-9-11-19(25)12-10-17)24(30)27-13-2-3-15-31-22-8-4-6-18-7-5-14-26-23(18)22/h4-12,14,16H,13,15H2,1H3,(H,27,30). The molecule has 154 valence electrons. The van der Waals surface area contributed by atoms with E-state index in [0.29, 0.717) is 17.1 Å². The zero-order valence-corrected chi connectivity index (χ0v) is 16.8. The molecule has 0 aliphatic carbocycles. The first-order valence-corrected chi connectivity index (χ1v) is 9.62. The Kier molecular flexibility index (Phi) is 5.90. The Bertz CT molecular complexity index is 1280. The zero-order valence-electron chi connectivity index (χ0n) is 16.8. The highest BCUT2D eigenvalue weighted by Crippen LogP contribution is 2.22. The summed E-state index contributed by atoms with van der Waals surface area (Å²) >= 11 is 0. The highest BCUT2D eigenvalue weighted by molar-refractivity contribution is 5.93. The number of aromatic nitrogens is 3. The molecule has 0 fully saturated rings. The molecule has 2 aromatic heterocycles. The van der Waals surface area contributed by atoms with E-state index in [1.165, 1.54) is 16.8 Å². The first kappa shape index (κ1) is 20.1. The van der Waals surface area contributed by atoms with Gasteiger partial charge >= 0.3 is 0 Å². The maximum absolute atomic E-state index is 13.1. The van der Waals surface area contributed by atoms with Crippen molar-refractivity contribution in [2.24, 2.45) is 7.05 Å². The van der Waals surface area contributed by atoms with Gasteiger partial charge in [-0.25, -0.2) is 4.39 Å². The number of hydrogen-bond donors (Lipinski definition) is 1. The number of aryl methyl sites for hydroxylation is 1. The first-order valence-electron chi connectivity index (χ1n) is 9.62. The fourth-order valence-electron chi connectivity index (χ4n) is 3.08. The van der Waals surface area contributed by atoms with Crippen LogP contribution in [-0.4, -0.2) is 33.8 Å². The molecule has 31 heavy (non-hydrogen) atoms. The lowest BCUT2D eigenvalue weighted by Crippen LogP contribution is -2.25. The Labute approximate surface area is 178 Å². The molecule has 4 rings (SSSR count). The molecule has 0 aliphatic rings. The summed E-state index contributed by atoms with van der Waals surface area (Å²) in [6, 6.07) is 17.2. The van der Waals surface area contributed by atoms with E-state index < -0.39 is 0 Å². The van der Waals surface area contributed by atoms with Crippen LogP contribution in [0.25, 0.3) is 22.2 Å². The Morgan fingerprint density at radius 2 is 1.94 bits per heavy atom. The van der Waals surface area contributed by atoms with Crippen molar-refractivity contribution in [1.29, 1.82) is 0 Å². The van der Waals surface area contributed by atoms with E-state index in [4.69, 9.17) is 4.74 Å². The SMILES string of the molecule is Cn1nc(-c2ccc(F)cc2)cc1C(=O)NCC#CCOc1cccc2cccnc12. The van der Waals surface area contributed by atoms with E-state index in [9.17, 15) is 9.18 Å². The number of halogens is 1. The molecule has 0 spiro atoms. The third-order valence-electron chi connectivity index (χ3n) is 4.61. The van der Waals surface area contributed by atoms with Crippen molar-refractivity contribution in [3.05, 3.63) is 78.4 Å². The molecule has 0 radical (unpaired) electrons. The predicted molar refractivity (Wildman–Crippen MR) is 116 cm³/mol. The van der Waals surface area contributed by atoms with Crippen molar-refractivity contribution >= 4 is 16.8 Å². The Morgan fingerprint density at radius 3 is 2.77 bits per heavy atom. The average Bonchev–Trinajstić information content (AvgIpc) is 3.18. The van der Waals surface area contributed by atoms with Crippen LogP contribution < -0.4 is 10.1 Å². The molecule has 1 amide bonds. The second-order valence-electron chi connectivity index (χ2n) is 6.70. The van der Waals surface area contributed by atoms with E-state index in [1.54, 1.807) is 31.4 Å². The van der Waals surface area contributed by atoms with Gasteiger partial charge in [-0.3, -0.25) is 14.5 Å². The lowest BCUT2D eigenvalue weighted by molar-refractivity contribution is 0.0949. The van der Waals surface area contributed by atoms with E-state index in [2.05, 4.69) is 27.2 Å². The number of amides is 1. The molecule has 0 bridgehead atoms. The smallest absolute Gasteiger partial charge is 0.270 e. The van der Waals surface area contributed by atoms with Crippen LogP contribution in [0.3, 0.4) is 0 Å². The number of hydrogen-bond acceptors (Lipinski definition) is 4. The lowest BCUT2D eigenvalue weighted by Gasteiger charge is -2.05. The summed E-state index contributed by atoms with van der Waals surface area (Å²) in [6.45, 7) is 0.360. The van der Waals surface area contributed by atoms with Crippen LogP contribution in [0, 0.1) is 17.7 Å². The summed E-state index contributed by atoms with van der Waals surface area (Å²) < 4.78 is 20.3. The van der Waals surface area contributed by atoms with E-state index in [0.717, 1.165) is 16.5 Å². The van der Waals surface area contributed by atoms with Crippen molar-refractivity contribution in [2.45, 2.75) is 0 Å². The molecular weight excluding hydrogens is 395 g/mol. The number of benzene rings is 2. The van der Waals surface area contributed by atoms with Gasteiger partial charge in [-0.15, -0.1) is 0 Å². The largest absolute Gasteiger partial charge is 0.479 e. The van der Waals surface area contributed by atoms with Crippen molar-refractivity contribution in [1.82, 2.24) is 20.1 Å². The number of para-hydroxylation sites is 1. The molecule has 2 heterocycles. The maximum atomic E-state index is 13.1. The number of carbonyl (C=O) groups excluding carboxylic acids is 1. The molecule has 6 nitrogen and oxygen atoms in total. The molecule has 7 heteroatoms. The lowest BCUT2D eigenvalue weighted by atomic mass is 10.1. The number of rotatable bonds is 5. The fourth-order valence-corrected chi connectivity index (χ4v) is 3.08. The van der Waals surface area contributed by atoms with Crippen LogP contribution in [0.15, 0.2) is 66.9 Å². The highest BCUT2D eigenvalue weighted by Gasteiger charge is 2.13. The van der Waals surface area contributed by atoms with Crippen LogP contribution in [-0.2, 0) is 7.05 Å². The topological polar surface area (TPSA) is 69.0 Å². The third kappa shape index (κ3) is 4.70. The minimum Gasteiger partial charge on any atom is -0.479 e. The number of ether oxygens (including phenoxy) is 1. The summed E-state index contributed by atoms with van der Waals surface area (Å²) in [4.78, 5) is 16.8. The number of nitrogens with one attached hydrogen (secondary N) is 1. The second kappa shape index (κ2) is 9.09. The summed E-state index contributed by atoms with van der Waals surface area (Å²) in [6.07, 6.45) is 1.72. The van der Waals surface area contributed by atoms with Gasteiger partial charge in [-0.1, -0.05) is 30.0 Å². The molecule has 2 aromatic carbocycles. The minimum absolute atomic E-state index is 0.174. The van der Waals surface area contributed by atoms with Crippen molar-refractivity contribution in [3.63, 3.8) is 0 Å². The number of pyridine rings is 1. The van der Waals surface area contributed by atoms with Crippen LogP contribution >= 0.6 is 0 Å². The molecule has 0 saturated heterocycles. The molecule has 1 N–H and O–H groups in total. The van der Waals surface area contributed by atoms with Gasteiger partial charge in [-0.2, -0.15) is 5.10 Å².